The van der Waals surface area contributed by atoms with Crippen molar-refractivity contribution >= 4 is 27.4 Å². The molecule has 1 unspecified atom stereocenters. The molecule has 0 aliphatic carbocycles. The highest BCUT2D eigenvalue weighted by Gasteiger charge is 2.22. The van der Waals surface area contributed by atoms with Crippen LogP contribution in [0, 0.1) is 5.82 Å². The quantitative estimate of drug-likeness (QED) is 0.712. The molecule has 0 aliphatic rings. The number of thiophene rings is 1. The van der Waals surface area contributed by atoms with Crippen molar-refractivity contribution in [3.05, 3.63) is 52.9 Å². The van der Waals surface area contributed by atoms with Crippen molar-refractivity contribution in [1.29, 1.82) is 0 Å². The summed E-state index contributed by atoms with van der Waals surface area (Å²) in [7, 11) is 0. The summed E-state index contributed by atoms with van der Waals surface area (Å²) in [6, 6.07) is 6.35. The summed E-state index contributed by atoms with van der Waals surface area (Å²) in [4.78, 5) is 9.70. The molecule has 2 heterocycles. The van der Waals surface area contributed by atoms with Crippen molar-refractivity contribution in [2.24, 2.45) is 0 Å². The fourth-order valence-electron chi connectivity index (χ4n) is 2.83. The van der Waals surface area contributed by atoms with Crippen LogP contribution in [0.2, 0.25) is 0 Å². The van der Waals surface area contributed by atoms with E-state index in [1.807, 2.05) is 6.07 Å². The van der Waals surface area contributed by atoms with E-state index in [2.05, 4.69) is 41.4 Å². The van der Waals surface area contributed by atoms with Gasteiger partial charge >= 0.3 is 0 Å². The Morgan fingerprint density at radius 2 is 2.08 bits per heavy atom. The summed E-state index contributed by atoms with van der Waals surface area (Å²) in [5.74, 6) is 0.247. The number of halogens is 1. The zero-order valence-electron chi connectivity index (χ0n) is 14.6. The molecule has 0 bridgehead atoms. The van der Waals surface area contributed by atoms with Gasteiger partial charge in [-0.3, -0.25) is 0 Å². The second-order valence-corrected chi connectivity index (χ2v) is 7.98. The van der Waals surface area contributed by atoms with E-state index in [1.165, 1.54) is 17.7 Å². The average Bonchev–Trinajstić information content (AvgIpc) is 3.00. The van der Waals surface area contributed by atoms with Gasteiger partial charge in [-0.15, -0.1) is 11.3 Å². The number of aliphatic hydroxyl groups excluding tert-OH is 1. The molecular formula is C19H22FN3OS. The molecule has 0 fully saturated rings. The van der Waals surface area contributed by atoms with E-state index in [1.54, 1.807) is 23.7 Å². The minimum absolute atomic E-state index is 0.0155. The number of nitrogens with one attached hydrogen (secondary N) is 1. The number of aromatic nitrogens is 2. The first-order valence-corrected chi connectivity index (χ1v) is 9.11. The summed E-state index contributed by atoms with van der Waals surface area (Å²) in [6.45, 7) is 6.88. The Labute approximate surface area is 150 Å². The Morgan fingerprint density at radius 3 is 2.76 bits per heavy atom. The fourth-order valence-corrected chi connectivity index (χ4v) is 3.96. The number of anilines is 1. The van der Waals surface area contributed by atoms with Crippen molar-refractivity contribution < 1.29 is 9.50 Å². The number of fused-ring (bicyclic) bond motifs is 1. The number of hydrogen-bond acceptors (Lipinski definition) is 5. The van der Waals surface area contributed by atoms with Crippen molar-refractivity contribution in [3.63, 3.8) is 0 Å². The van der Waals surface area contributed by atoms with Crippen molar-refractivity contribution in [1.82, 2.24) is 9.97 Å². The van der Waals surface area contributed by atoms with E-state index in [0.717, 1.165) is 21.6 Å². The van der Waals surface area contributed by atoms with Crippen LogP contribution in [0.1, 0.15) is 37.8 Å². The number of aliphatic hydroxyl groups is 1. The lowest BCUT2D eigenvalue weighted by Gasteiger charge is -2.20. The standard InChI is InChI=1S/C19H22FN3OS/c1-19(2,3)15-10-25-18-16(15)17(22-11-23-18)21-8-13(9-24)12-5-4-6-14(20)7-12/h4-7,10-11,13,24H,8-9H2,1-3H3,(H,21,22,23). The molecular weight excluding hydrogens is 337 g/mol. The molecule has 0 saturated heterocycles. The van der Waals surface area contributed by atoms with Crippen LogP contribution < -0.4 is 5.32 Å². The molecule has 6 heteroatoms. The fraction of sp³-hybridized carbons (Fsp3) is 0.368. The van der Waals surface area contributed by atoms with Crippen LogP contribution in [0.4, 0.5) is 10.2 Å². The van der Waals surface area contributed by atoms with Gasteiger partial charge in [-0.05, 0) is 34.1 Å². The predicted molar refractivity (Wildman–Crippen MR) is 101 cm³/mol. The monoisotopic (exact) mass is 359 g/mol. The molecule has 0 aliphatic heterocycles. The third-order valence-electron chi connectivity index (χ3n) is 4.23. The van der Waals surface area contributed by atoms with Crippen LogP contribution >= 0.6 is 11.3 Å². The topological polar surface area (TPSA) is 58.0 Å². The van der Waals surface area contributed by atoms with Crippen LogP contribution in [0.15, 0.2) is 36.0 Å². The van der Waals surface area contributed by atoms with Gasteiger partial charge in [0.1, 0.15) is 22.8 Å². The van der Waals surface area contributed by atoms with Crippen LogP contribution in [0.5, 0.6) is 0 Å². The Morgan fingerprint density at radius 1 is 1.28 bits per heavy atom. The van der Waals surface area contributed by atoms with Crippen LogP contribution in [-0.4, -0.2) is 28.2 Å². The van der Waals surface area contributed by atoms with E-state index < -0.39 is 0 Å². The number of hydrogen-bond donors (Lipinski definition) is 2. The molecule has 1 atom stereocenters. The van der Waals surface area contributed by atoms with Crippen LogP contribution in [0.25, 0.3) is 10.2 Å². The van der Waals surface area contributed by atoms with Crippen LogP contribution in [-0.2, 0) is 5.41 Å². The van der Waals surface area contributed by atoms with E-state index >= 15 is 0 Å². The van der Waals surface area contributed by atoms with Crippen molar-refractivity contribution in [2.75, 3.05) is 18.5 Å². The highest BCUT2D eigenvalue weighted by molar-refractivity contribution is 7.17. The molecule has 132 valence electrons. The van der Waals surface area contributed by atoms with Crippen LogP contribution in [0.3, 0.4) is 0 Å². The molecule has 0 saturated carbocycles. The second-order valence-electron chi connectivity index (χ2n) is 7.12. The molecule has 1 aromatic carbocycles. The number of nitrogens with zero attached hydrogens (tertiary/aromatic N) is 2. The summed E-state index contributed by atoms with van der Waals surface area (Å²) in [6.07, 6.45) is 1.55. The van der Waals surface area contributed by atoms with E-state index in [4.69, 9.17) is 0 Å². The molecule has 0 amide bonds. The molecule has 3 aromatic rings. The molecule has 2 N–H and O–H groups in total. The SMILES string of the molecule is CC(C)(C)c1csc2ncnc(NCC(CO)c3cccc(F)c3)c12. The van der Waals surface area contributed by atoms with Gasteiger partial charge in [-0.25, -0.2) is 14.4 Å². The van der Waals surface area contributed by atoms with Gasteiger partial charge in [-0.2, -0.15) is 0 Å². The Hall–Kier alpha value is -2.05. The number of benzene rings is 1. The van der Waals surface area contributed by atoms with E-state index in [9.17, 15) is 9.50 Å². The zero-order chi connectivity index (χ0) is 18.0. The summed E-state index contributed by atoms with van der Waals surface area (Å²) in [5.41, 5.74) is 1.95. The van der Waals surface area contributed by atoms with Gasteiger partial charge in [0.05, 0.1) is 12.0 Å². The summed E-state index contributed by atoms with van der Waals surface area (Å²) >= 11 is 1.60. The maximum atomic E-state index is 13.5. The third kappa shape index (κ3) is 3.80. The Balaban J connectivity index is 1.89. The normalized spacial score (nSPS) is 13.2. The zero-order valence-corrected chi connectivity index (χ0v) is 15.4. The van der Waals surface area contributed by atoms with Gasteiger partial charge in [-0.1, -0.05) is 32.9 Å². The molecule has 25 heavy (non-hydrogen) atoms. The molecule has 2 aromatic heterocycles. The largest absolute Gasteiger partial charge is 0.396 e. The minimum atomic E-state index is -0.298. The van der Waals surface area contributed by atoms with Gasteiger partial charge in [0.15, 0.2) is 0 Å². The summed E-state index contributed by atoms with van der Waals surface area (Å²) < 4.78 is 13.5. The molecule has 3 rings (SSSR count). The number of rotatable bonds is 5. The first kappa shape index (κ1) is 17.8. The van der Waals surface area contributed by atoms with E-state index in [-0.39, 0.29) is 23.8 Å². The van der Waals surface area contributed by atoms with Gasteiger partial charge in [0.25, 0.3) is 0 Å². The predicted octanol–water partition coefficient (Wildman–Crippen LogP) is 4.32. The van der Waals surface area contributed by atoms with Gasteiger partial charge < -0.3 is 10.4 Å². The maximum absolute atomic E-state index is 13.5. The molecule has 4 nitrogen and oxygen atoms in total. The first-order chi connectivity index (χ1) is 11.9. The molecule has 0 spiro atoms. The van der Waals surface area contributed by atoms with E-state index in [0.29, 0.717) is 6.54 Å². The third-order valence-corrected chi connectivity index (χ3v) is 5.12. The molecule has 0 radical (unpaired) electrons. The lowest BCUT2D eigenvalue weighted by molar-refractivity contribution is 0.269. The second kappa shape index (κ2) is 7.06. The summed E-state index contributed by atoms with van der Waals surface area (Å²) in [5, 5.41) is 16.2. The van der Waals surface area contributed by atoms with Gasteiger partial charge in [0.2, 0.25) is 0 Å². The average molecular weight is 359 g/mol. The Bertz CT molecular complexity index is 872. The highest BCUT2D eigenvalue weighted by Crippen LogP contribution is 2.37. The van der Waals surface area contributed by atoms with Gasteiger partial charge in [0, 0.05) is 12.5 Å². The lowest BCUT2D eigenvalue weighted by Crippen LogP contribution is -2.18. The maximum Gasteiger partial charge on any atom is 0.138 e. The highest BCUT2D eigenvalue weighted by atomic mass is 32.1. The first-order valence-electron chi connectivity index (χ1n) is 8.23. The van der Waals surface area contributed by atoms with Crippen molar-refractivity contribution in [3.8, 4) is 0 Å². The van der Waals surface area contributed by atoms with Crippen molar-refractivity contribution in [2.45, 2.75) is 32.1 Å². The lowest BCUT2D eigenvalue weighted by atomic mass is 9.87. The Kier molecular flexibility index (Phi) is 5.01. The minimum Gasteiger partial charge on any atom is -0.396 e. The smallest absolute Gasteiger partial charge is 0.138 e.